The Hall–Kier alpha value is -1.13. The average Bonchev–Trinajstić information content (AvgIpc) is 2.80. The number of H-pyrrole nitrogens is 1. The predicted molar refractivity (Wildman–Crippen MR) is 73.8 cm³/mol. The molecular weight excluding hydrogens is 278 g/mol. The molecule has 2 N–H and O–H groups in total. The van der Waals surface area contributed by atoms with E-state index >= 15 is 0 Å². The SMILES string of the molecule is CNC(C)(C)c1ncc(-c2ccc(Br)cc2)[nH]1. The maximum absolute atomic E-state index is 4.43. The van der Waals surface area contributed by atoms with Crippen LogP contribution in [0.2, 0.25) is 0 Å². The average molecular weight is 294 g/mol. The second kappa shape index (κ2) is 4.63. The number of nitrogens with zero attached hydrogens (tertiary/aromatic N) is 1. The molecule has 0 amide bonds. The largest absolute Gasteiger partial charge is 0.340 e. The molecule has 1 heterocycles. The third kappa shape index (κ3) is 2.58. The highest BCUT2D eigenvalue weighted by Gasteiger charge is 2.21. The lowest BCUT2D eigenvalue weighted by Crippen LogP contribution is -2.34. The van der Waals surface area contributed by atoms with Gasteiger partial charge in [0.15, 0.2) is 0 Å². The van der Waals surface area contributed by atoms with E-state index < -0.39 is 0 Å². The fourth-order valence-electron chi connectivity index (χ4n) is 1.53. The molecular formula is C13H16BrN3. The molecule has 2 rings (SSSR count). The molecule has 1 aromatic heterocycles. The molecule has 0 aliphatic carbocycles. The fraction of sp³-hybridized carbons (Fsp3) is 0.308. The Morgan fingerprint density at radius 3 is 2.47 bits per heavy atom. The van der Waals surface area contributed by atoms with Gasteiger partial charge in [-0.05, 0) is 38.6 Å². The van der Waals surface area contributed by atoms with Crippen molar-refractivity contribution in [1.29, 1.82) is 0 Å². The van der Waals surface area contributed by atoms with Crippen LogP contribution < -0.4 is 5.32 Å². The highest BCUT2D eigenvalue weighted by atomic mass is 79.9. The first-order valence-corrected chi connectivity index (χ1v) is 6.32. The van der Waals surface area contributed by atoms with Gasteiger partial charge < -0.3 is 10.3 Å². The summed E-state index contributed by atoms with van der Waals surface area (Å²) in [5, 5.41) is 3.23. The van der Waals surface area contributed by atoms with Crippen LogP contribution >= 0.6 is 15.9 Å². The van der Waals surface area contributed by atoms with Crippen LogP contribution in [0.25, 0.3) is 11.3 Å². The minimum atomic E-state index is -0.145. The van der Waals surface area contributed by atoms with E-state index in [1.54, 1.807) is 0 Å². The molecule has 90 valence electrons. The summed E-state index contributed by atoms with van der Waals surface area (Å²) in [4.78, 5) is 7.78. The van der Waals surface area contributed by atoms with E-state index in [-0.39, 0.29) is 5.54 Å². The number of halogens is 1. The summed E-state index contributed by atoms with van der Waals surface area (Å²) >= 11 is 3.43. The van der Waals surface area contributed by atoms with Gasteiger partial charge in [-0.15, -0.1) is 0 Å². The summed E-state index contributed by atoms with van der Waals surface area (Å²) in [6.07, 6.45) is 1.87. The fourth-order valence-corrected chi connectivity index (χ4v) is 1.80. The molecule has 4 heteroatoms. The lowest BCUT2D eigenvalue weighted by atomic mass is 10.1. The molecule has 0 saturated heterocycles. The number of hydrogen-bond donors (Lipinski definition) is 2. The molecule has 17 heavy (non-hydrogen) atoms. The van der Waals surface area contributed by atoms with Crippen molar-refractivity contribution < 1.29 is 0 Å². The van der Waals surface area contributed by atoms with E-state index in [9.17, 15) is 0 Å². The quantitative estimate of drug-likeness (QED) is 0.912. The van der Waals surface area contributed by atoms with Gasteiger partial charge in [0.2, 0.25) is 0 Å². The zero-order valence-electron chi connectivity index (χ0n) is 10.2. The minimum Gasteiger partial charge on any atom is -0.340 e. The Bertz CT molecular complexity index is 500. The van der Waals surface area contributed by atoms with Crippen molar-refractivity contribution in [3.05, 3.63) is 40.8 Å². The first-order chi connectivity index (χ1) is 8.03. The van der Waals surface area contributed by atoms with Crippen molar-refractivity contribution in [2.75, 3.05) is 7.05 Å². The number of benzene rings is 1. The van der Waals surface area contributed by atoms with Crippen molar-refractivity contribution in [3.8, 4) is 11.3 Å². The highest BCUT2D eigenvalue weighted by Crippen LogP contribution is 2.23. The monoisotopic (exact) mass is 293 g/mol. The van der Waals surface area contributed by atoms with Gasteiger partial charge in [-0.2, -0.15) is 0 Å². The van der Waals surface area contributed by atoms with Crippen LogP contribution in [0.15, 0.2) is 34.9 Å². The number of aromatic amines is 1. The van der Waals surface area contributed by atoms with Crippen molar-refractivity contribution in [1.82, 2.24) is 15.3 Å². The van der Waals surface area contributed by atoms with Crippen LogP contribution in [-0.2, 0) is 5.54 Å². The van der Waals surface area contributed by atoms with Crippen LogP contribution in [0.1, 0.15) is 19.7 Å². The van der Waals surface area contributed by atoms with Crippen molar-refractivity contribution in [2.45, 2.75) is 19.4 Å². The summed E-state index contributed by atoms with van der Waals surface area (Å²) in [6.45, 7) is 4.19. The maximum Gasteiger partial charge on any atom is 0.126 e. The van der Waals surface area contributed by atoms with Crippen LogP contribution in [0.3, 0.4) is 0 Å². The zero-order valence-corrected chi connectivity index (χ0v) is 11.8. The zero-order chi connectivity index (χ0) is 12.5. The van der Waals surface area contributed by atoms with Crippen LogP contribution in [0, 0.1) is 0 Å². The standard InChI is InChI=1S/C13H16BrN3/c1-13(2,15-3)12-16-8-11(17-12)9-4-6-10(14)7-5-9/h4-8,15H,1-3H3,(H,16,17). The normalized spacial score (nSPS) is 11.8. The summed E-state index contributed by atoms with van der Waals surface area (Å²) in [5.41, 5.74) is 2.03. The number of rotatable bonds is 3. The Labute approximate surface area is 110 Å². The van der Waals surface area contributed by atoms with Gasteiger partial charge in [0.25, 0.3) is 0 Å². The molecule has 2 aromatic rings. The highest BCUT2D eigenvalue weighted by molar-refractivity contribution is 9.10. The molecule has 0 bridgehead atoms. The van der Waals surface area contributed by atoms with Gasteiger partial charge in [0.1, 0.15) is 5.82 Å². The lowest BCUT2D eigenvalue weighted by molar-refractivity contribution is 0.421. The first-order valence-electron chi connectivity index (χ1n) is 5.53. The molecule has 0 aliphatic heterocycles. The van der Waals surface area contributed by atoms with E-state index in [0.717, 1.165) is 21.6 Å². The molecule has 0 atom stereocenters. The summed E-state index contributed by atoms with van der Waals surface area (Å²) in [6, 6.07) is 8.18. The summed E-state index contributed by atoms with van der Waals surface area (Å²) in [7, 11) is 1.93. The van der Waals surface area contributed by atoms with Crippen molar-refractivity contribution in [2.24, 2.45) is 0 Å². The third-order valence-corrected chi connectivity index (χ3v) is 3.48. The molecule has 0 radical (unpaired) electrons. The van der Waals surface area contributed by atoms with E-state index in [4.69, 9.17) is 0 Å². The Morgan fingerprint density at radius 1 is 1.24 bits per heavy atom. The Balaban J connectivity index is 2.33. The van der Waals surface area contributed by atoms with Crippen LogP contribution in [-0.4, -0.2) is 17.0 Å². The topological polar surface area (TPSA) is 40.7 Å². The number of nitrogens with one attached hydrogen (secondary N) is 2. The summed E-state index contributed by atoms with van der Waals surface area (Å²) in [5.74, 6) is 0.943. The third-order valence-electron chi connectivity index (χ3n) is 2.95. The van der Waals surface area contributed by atoms with Crippen LogP contribution in [0.5, 0.6) is 0 Å². The molecule has 3 nitrogen and oxygen atoms in total. The van der Waals surface area contributed by atoms with Gasteiger partial charge in [0, 0.05) is 4.47 Å². The molecule has 0 fully saturated rings. The van der Waals surface area contributed by atoms with Gasteiger partial charge in [0.05, 0.1) is 17.4 Å². The number of aromatic nitrogens is 2. The molecule has 0 unspecified atom stereocenters. The minimum absolute atomic E-state index is 0.145. The number of hydrogen-bond acceptors (Lipinski definition) is 2. The Morgan fingerprint density at radius 2 is 1.88 bits per heavy atom. The van der Waals surface area contributed by atoms with E-state index in [0.29, 0.717) is 0 Å². The lowest BCUT2D eigenvalue weighted by Gasteiger charge is -2.20. The molecule has 1 aromatic carbocycles. The van der Waals surface area contributed by atoms with Gasteiger partial charge >= 0.3 is 0 Å². The maximum atomic E-state index is 4.43. The van der Waals surface area contributed by atoms with E-state index in [1.807, 2.05) is 25.4 Å². The van der Waals surface area contributed by atoms with Crippen LogP contribution in [0.4, 0.5) is 0 Å². The molecule has 0 spiro atoms. The number of imidazole rings is 1. The molecule has 0 saturated carbocycles. The molecule has 0 aliphatic rings. The van der Waals surface area contributed by atoms with Crippen molar-refractivity contribution in [3.63, 3.8) is 0 Å². The smallest absolute Gasteiger partial charge is 0.126 e. The summed E-state index contributed by atoms with van der Waals surface area (Å²) < 4.78 is 1.08. The van der Waals surface area contributed by atoms with E-state index in [1.165, 1.54) is 0 Å². The van der Waals surface area contributed by atoms with Gasteiger partial charge in [-0.25, -0.2) is 4.98 Å². The second-order valence-electron chi connectivity index (χ2n) is 4.53. The van der Waals surface area contributed by atoms with E-state index in [2.05, 4.69) is 57.2 Å². The first kappa shape index (κ1) is 12.3. The van der Waals surface area contributed by atoms with Gasteiger partial charge in [-0.3, -0.25) is 0 Å². The van der Waals surface area contributed by atoms with Crippen molar-refractivity contribution >= 4 is 15.9 Å². The predicted octanol–water partition coefficient (Wildman–Crippen LogP) is 3.29. The van der Waals surface area contributed by atoms with Gasteiger partial charge in [-0.1, -0.05) is 28.1 Å². The Kier molecular flexibility index (Phi) is 3.35. The second-order valence-corrected chi connectivity index (χ2v) is 5.44.